The summed E-state index contributed by atoms with van der Waals surface area (Å²) in [4.78, 5) is 13.3. The van der Waals surface area contributed by atoms with E-state index in [1.54, 1.807) is 6.92 Å². The molecule has 0 radical (unpaired) electrons. The lowest BCUT2D eigenvalue weighted by Gasteiger charge is -2.26. The number of hydrogen-bond donors (Lipinski definition) is 0. The van der Waals surface area contributed by atoms with Gasteiger partial charge in [0.2, 0.25) is 0 Å². The first-order valence-electron chi connectivity index (χ1n) is 7.64. The molecule has 140 valence electrons. The molecule has 1 fully saturated rings. The molecule has 1 amide bonds. The fourth-order valence-corrected chi connectivity index (χ4v) is 2.85. The average molecular weight is 369 g/mol. The van der Waals surface area contributed by atoms with Gasteiger partial charge in [-0.05, 0) is 44.0 Å². The molecule has 1 aromatic rings. The van der Waals surface area contributed by atoms with Crippen LogP contribution in [-0.2, 0) is 17.1 Å². The summed E-state index contributed by atoms with van der Waals surface area (Å²) in [5, 5.41) is 0. The Hall–Kier alpha value is -1.93. The number of alkyl halides is 6. The highest BCUT2D eigenvalue weighted by molar-refractivity contribution is 5.71. The second kappa shape index (κ2) is 6.42. The van der Waals surface area contributed by atoms with Gasteiger partial charge in [-0.1, -0.05) is 6.92 Å². The van der Waals surface area contributed by atoms with Gasteiger partial charge < -0.3 is 4.74 Å². The highest BCUT2D eigenvalue weighted by atomic mass is 19.4. The van der Waals surface area contributed by atoms with Gasteiger partial charge in [0.1, 0.15) is 6.10 Å². The molecule has 1 unspecified atom stereocenters. The van der Waals surface area contributed by atoms with Crippen LogP contribution in [0.25, 0.3) is 0 Å². The maximum Gasteiger partial charge on any atom is 0.416 e. The van der Waals surface area contributed by atoms with Crippen molar-refractivity contribution >= 4 is 6.09 Å². The van der Waals surface area contributed by atoms with Crippen molar-refractivity contribution in [3.05, 3.63) is 34.9 Å². The predicted octanol–water partition coefficient (Wildman–Crippen LogP) is 5.40. The van der Waals surface area contributed by atoms with Crippen molar-refractivity contribution in [1.82, 2.24) is 4.90 Å². The van der Waals surface area contributed by atoms with Gasteiger partial charge >= 0.3 is 18.4 Å². The lowest BCUT2D eigenvalue weighted by atomic mass is 9.97. The molecule has 1 saturated heterocycles. The molecule has 2 rings (SSSR count). The predicted molar refractivity (Wildman–Crippen MR) is 76.7 cm³/mol. The van der Waals surface area contributed by atoms with Crippen LogP contribution in [0.15, 0.2) is 18.2 Å². The third-order valence-corrected chi connectivity index (χ3v) is 4.32. The molecular weight excluding hydrogens is 352 g/mol. The molecule has 25 heavy (non-hydrogen) atoms. The van der Waals surface area contributed by atoms with E-state index in [0.29, 0.717) is 18.6 Å². The number of ether oxygens (including phenoxy) is 1. The summed E-state index contributed by atoms with van der Waals surface area (Å²) in [6.45, 7) is 5.08. The molecule has 1 aromatic carbocycles. The van der Waals surface area contributed by atoms with E-state index in [1.807, 2.05) is 6.92 Å². The first kappa shape index (κ1) is 19.4. The molecule has 0 N–H and O–H groups in total. The van der Waals surface area contributed by atoms with E-state index >= 15 is 0 Å². The van der Waals surface area contributed by atoms with E-state index in [2.05, 4.69) is 0 Å². The number of amides is 1. The van der Waals surface area contributed by atoms with E-state index in [9.17, 15) is 31.1 Å². The first-order chi connectivity index (χ1) is 11.4. The minimum absolute atomic E-state index is 0.0530. The molecule has 1 heterocycles. The molecule has 9 heteroatoms. The molecule has 0 saturated carbocycles. The molecule has 0 bridgehead atoms. The van der Waals surface area contributed by atoms with Gasteiger partial charge in [-0.3, -0.25) is 4.90 Å². The minimum Gasteiger partial charge on any atom is -0.439 e. The number of rotatable bonds is 3. The summed E-state index contributed by atoms with van der Waals surface area (Å²) in [6.07, 6.45) is -11.3. The molecule has 0 aromatic heterocycles. The van der Waals surface area contributed by atoms with Crippen LogP contribution < -0.4 is 0 Å². The highest BCUT2D eigenvalue weighted by Crippen LogP contribution is 2.41. The maximum atomic E-state index is 13.0. The molecule has 3 nitrogen and oxygen atoms in total. The molecule has 0 spiro atoms. The summed E-state index contributed by atoms with van der Waals surface area (Å²) in [5.41, 5.74) is -3.18. The zero-order chi connectivity index (χ0) is 19.2. The monoisotopic (exact) mass is 369 g/mol. The number of benzene rings is 1. The van der Waals surface area contributed by atoms with E-state index in [4.69, 9.17) is 4.74 Å². The molecule has 1 aliphatic heterocycles. The maximum absolute atomic E-state index is 13.0. The number of nitrogens with zero attached hydrogens (tertiary/aromatic N) is 1. The van der Waals surface area contributed by atoms with Crippen molar-refractivity contribution in [2.45, 2.75) is 57.7 Å². The Morgan fingerprint density at radius 1 is 1.08 bits per heavy atom. The van der Waals surface area contributed by atoms with Crippen LogP contribution in [0.5, 0.6) is 0 Å². The summed E-state index contributed by atoms with van der Waals surface area (Å²) in [5.74, 6) is 0. The molecule has 0 aliphatic carbocycles. The van der Waals surface area contributed by atoms with E-state index in [1.165, 1.54) is 11.8 Å². The Morgan fingerprint density at radius 2 is 1.56 bits per heavy atom. The van der Waals surface area contributed by atoms with Gasteiger partial charge in [0.05, 0.1) is 17.2 Å². The third-order valence-electron chi connectivity index (χ3n) is 4.32. The van der Waals surface area contributed by atoms with Gasteiger partial charge in [-0.15, -0.1) is 0 Å². The highest BCUT2D eigenvalue weighted by Gasteiger charge is 2.44. The lowest BCUT2D eigenvalue weighted by Crippen LogP contribution is -2.39. The van der Waals surface area contributed by atoms with Gasteiger partial charge in [0.15, 0.2) is 0 Å². The van der Waals surface area contributed by atoms with Crippen molar-refractivity contribution in [3.8, 4) is 0 Å². The fraction of sp³-hybridized carbons (Fsp3) is 0.562. The van der Waals surface area contributed by atoms with E-state index in [-0.39, 0.29) is 17.7 Å². The standard InChI is InChI=1S/C16H17F6NO2/c1-4-8(2)23-9(3)13(25-14(23)24)10-5-11(15(17,18)19)7-12(6-10)16(20,21)22/h5-9,13H,4H2,1-3H3/t8?,9-,13+/m1/s1. The van der Waals surface area contributed by atoms with Gasteiger partial charge in [0, 0.05) is 6.04 Å². The Labute approximate surface area is 140 Å². The summed E-state index contributed by atoms with van der Waals surface area (Å²) < 4.78 is 82.9. The number of halogens is 6. The Bertz CT molecular complexity index is 623. The van der Waals surface area contributed by atoms with Crippen molar-refractivity contribution < 1.29 is 35.9 Å². The average Bonchev–Trinajstić information content (AvgIpc) is 2.79. The summed E-state index contributed by atoms with van der Waals surface area (Å²) >= 11 is 0. The number of cyclic esters (lactones) is 1. The van der Waals surface area contributed by atoms with Crippen LogP contribution in [0, 0.1) is 0 Å². The topological polar surface area (TPSA) is 29.5 Å². The van der Waals surface area contributed by atoms with E-state index < -0.39 is 41.7 Å². The zero-order valence-corrected chi connectivity index (χ0v) is 13.7. The van der Waals surface area contributed by atoms with Crippen LogP contribution in [0.2, 0.25) is 0 Å². The fourth-order valence-electron chi connectivity index (χ4n) is 2.85. The summed E-state index contributed by atoms with van der Waals surface area (Å²) in [6, 6.07) is 0.317. The second-order valence-corrected chi connectivity index (χ2v) is 6.05. The Balaban J connectivity index is 2.50. The van der Waals surface area contributed by atoms with Crippen molar-refractivity contribution in [3.63, 3.8) is 0 Å². The van der Waals surface area contributed by atoms with Crippen molar-refractivity contribution in [1.29, 1.82) is 0 Å². The molecular formula is C16H17F6NO2. The Morgan fingerprint density at radius 3 is 1.96 bits per heavy atom. The van der Waals surface area contributed by atoms with Crippen molar-refractivity contribution in [2.75, 3.05) is 0 Å². The third kappa shape index (κ3) is 3.85. The van der Waals surface area contributed by atoms with E-state index in [0.717, 1.165) is 0 Å². The lowest BCUT2D eigenvalue weighted by molar-refractivity contribution is -0.143. The zero-order valence-electron chi connectivity index (χ0n) is 13.7. The first-order valence-corrected chi connectivity index (χ1v) is 7.64. The minimum atomic E-state index is -4.95. The van der Waals surface area contributed by atoms with Gasteiger partial charge in [-0.2, -0.15) is 26.3 Å². The van der Waals surface area contributed by atoms with Crippen LogP contribution in [0.3, 0.4) is 0 Å². The van der Waals surface area contributed by atoms with Gasteiger partial charge in [-0.25, -0.2) is 4.79 Å². The van der Waals surface area contributed by atoms with Crippen LogP contribution in [0.4, 0.5) is 31.1 Å². The molecule has 1 aliphatic rings. The summed E-state index contributed by atoms with van der Waals surface area (Å²) in [7, 11) is 0. The second-order valence-electron chi connectivity index (χ2n) is 6.05. The Kier molecular flexibility index (Phi) is 4.98. The van der Waals surface area contributed by atoms with Crippen LogP contribution >= 0.6 is 0 Å². The SMILES string of the molecule is CCC(C)N1C(=O)O[C@H](c2cc(C(F)(F)F)cc(C(F)(F)F)c2)[C@H]1C. The van der Waals surface area contributed by atoms with Crippen LogP contribution in [-0.4, -0.2) is 23.1 Å². The largest absolute Gasteiger partial charge is 0.439 e. The smallest absolute Gasteiger partial charge is 0.416 e. The van der Waals surface area contributed by atoms with Crippen molar-refractivity contribution in [2.24, 2.45) is 0 Å². The normalized spacial score (nSPS) is 22.9. The van der Waals surface area contributed by atoms with Gasteiger partial charge in [0.25, 0.3) is 0 Å². The number of carbonyl (C=O) groups is 1. The number of carbonyl (C=O) groups excluding carboxylic acids is 1. The number of hydrogen-bond acceptors (Lipinski definition) is 2. The van der Waals surface area contributed by atoms with Crippen LogP contribution in [0.1, 0.15) is 50.0 Å². The molecule has 3 atom stereocenters. The quantitative estimate of drug-likeness (QED) is 0.667.